The van der Waals surface area contributed by atoms with E-state index in [0.29, 0.717) is 22.2 Å². The molecule has 20 heavy (non-hydrogen) atoms. The first-order valence-electron chi connectivity index (χ1n) is 6.54. The monoisotopic (exact) mass is 299 g/mol. The molecule has 7 heteroatoms. The van der Waals surface area contributed by atoms with Crippen molar-refractivity contribution in [1.82, 2.24) is 5.32 Å². The van der Waals surface area contributed by atoms with Crippen LogP contribution in [0.4, 0.5) is 10.7 Å². The average Bonchev–Trinajstić information content (AvgIpc) is 3.02. The minimum atomic E-state index is -0.176. The van der Waals surface area contributed by atoms with Gasteiger partial charge in [-0.05, 0) is 6.42 Å². The molecule has 2 heterocycles. The lowest BCUT2D eigenvalue weighted by Crippen LogP contribution is -2.20. The summed E-state index contributed by atoms with van der Waals surface area (Å²) in [6, 6.07) is 0. The Labute approximate surface area is 122 Å². The van der Waals surface area contributed by atoms with Crippen LogP contribution in [-0.2, 0) is 4.74 Å². The highest BCUT2D eigenvalue weighted by Crippen LogP contribution is 2.46. The normalized spacial score (nSPS) is 18.4. The summed E-state index contributed by atoms with van der Waals surface area (Å²) >= 11 is 1.38. The Morgan fingerprint density at radius 3 is 2.90 bits per heavy atom. The maximum Gasteiger partial charge on any atom is 0.263 e. The maximum absolute atomic E-state index is 11.8. The quantitative estimate of drug-likeness (QED) is 0.853. The Bertz CT molecular complexity index is 489. The van der Waals surface area contributed by atoms with Crippen LogP contribution < -0.4 is 20.7 Å². The van der Waals surface area contributed by atoms with Gasteiger partial charge >= 0.3 is 0 Å². The van der Waals surface area contributed by atoms with Gasteiger partial charge in [0.2, 0.25) is 0 Å². The third-order valence-electron chi connectivity index (χ3n) is 3.50. The summed E-state index contributed by atoms with van der Waals surface area (Å²) in [6.45, 7) is 2.58. The minimum Gasteiger partial charge on any atom is -0.492 e. The van der Waals surface area contributed by atoms with Crippen LogP contribution in [0, 0.1) is 5.92 Å². The van der Waals surface area contributed by atoms with Crippen LogP contribution in [0.3, 0.4) is 0 Å². The van der Waals surface area contributed by atoms with Crippen molar-refractivity contribution in [2.24, 2.45) is 5.92 Å². The van der Waals surface area contributed by atoms with Crippen molar-refractivity contribution in [3.8, 4) is 5.75 Å². The van der Waals surface area contributed by atoms with Gasteiger partial charge in [0, 0.05) is 33.2 Å². The lowest BCUT2D eigenvalue weighted by Gasteiger charge is -2.17. The Hall–Kier alpha value is -1.47. The molecule has 1 aliphatic rings. The molecule has 1 unspecified atom stereocenters. The number of anilines is 2. The number of methoxy groups -OCH3 is 2. The lowest BCUT2D eigenvalue weighted by molar-refractivity contribution is 0.0967. The number of amides is 1. The standard InChI is InChI=1S/C13H21N3O3S/c1-15-12(17)11-9(14)10(19-3)13(20-11)16-5-4-8(6-16)7-18-2/h8H,4-7,14H2,1-3H3,(H,15,17). The fourth-order valence-electron chi connectivity index (χ4n) is 2.49. The third-order valence-corrected chi connectivity index (χ3v) is 4.74. The van der Waals surface area contributed by atoms with Gasteiger partial charge in [0.25, 0.3) is 5.91 Å². The molecule has 0 bridgehead atoms. The van der Waals surface area contributed by atoms with E-state index in [2.05, 4.69) is 10.2 Å². The number of rotatable bonds is 5. The Morgan fingerprint density at radius 1 is 1.55 bits per heavy atom. The van der Waals surface area contributed by atoms with E-state index in [1.54, 1.807) is 21.3 Å². The van der Waals surface area contributed by atoms with E-state index in [1.807, 2.05) is 0 Å². The van der Waals surface area contributed by atoms with Gasteiger partial charge in [0.15, 0.2) is 5.75 Å². The number of thiophene rings is 1. The second-order valence-corrected chi connectivity index (χ2v) is 5.82. The van der Waals surface area contributed by atoms with Gasteiger partial charge in [-0.25, -0.2) is 0 Å². The Kier molecular flexibility index (Phi) is 4.72. The molecule has 1 fully saturated rings. The molecule has 3 N–H and O–H groups in total. The van der Waals surface area contributed by atoms with Crippen molar-refractivity contribution in [3.63, 3.8) is 0 Å². The summed E-state index contributed by atoms with van der Waals surface area (Å²) in [6.07, 6.45) is 1.07. The van der Waals surface area contributed by atoms with Crippen LogP contribution in [0.5, 0.6) is 5.75 Å². The predicted octanol–water partition coefficient (Wildman–Crippen LogP) is 1.17. The number of hydrogen-bond acceptors (Lipinski definition) is 6. The van der Waals surface area contributed by atoms with Gasteiger partial charge in [-0.2, -0.15) is 0 Å². The minimum absolute atomic E-state index is 0.176. The average molecular weight is 299 g/mol. The lowest BCUT2D eigenvalue weighted by atomic mass is 10.1. The maximum atomic E-state index is 11.8. The number of nitrogens with two attached hydrogens (primary N) is 1. The smallest absolute Gasteiger partial charge is 0.263 e. The molecule has 0 saturated carbocycles. The second kappa shape index (κ2) is 6.32. The van der Waals surface area contributed by atoms with Gasteiger partial charge in [-0.15, -0.1) is 11.3 Å². The molecule has 6 nitrogen and oxygen atoms in total. The molecule has 1 aromatic heterocycles. The zero-order valence-electron chi connectivity index (χ0n) is 12.1. The van der Waals surface area contributed by atoms with E-state index < -0.39 is 0 Å². The van der Waals surface area contributed by atoms with Gasteiger partial charge in [-0.3, -0.25) is 4.79 Å². The summed E-state index contributed by atoms with van der Waals surface area (Å²) in [7, 11) is 4.90. The number of nitrogen functional groups attached to an aromatic ring is 1. The van der Waals surface area contributed by atoms with Gasteiger partial charge in [0.1, 0.15) is 15.6 Å². The summed E-state index contributed by atoms with van der Waals surface area (Å²) in [5, 5.41) is 3.54. The number of carbonyl (C=O) groups is 1. The molecule has 0 aliphatic carbocycles. The molecule has 1 aliphatic heterocycles. The molecule has 0 radical (unpaired) electrons. The van der Waals surface area contributed by atoms with Crippen molar-refractivity contribution in [2.45, 2.75) is 6.42 Å². The third kappa shape index (κ3) is 2.69. The van der Waals surface area contributed by atoms with Crippen molar-refractivity contribution in [3.05, 3.63) is 4.88 Å². The van der Waals surface area contributed by atoms with E-state index in [0.717, 1.165) is 31.1 Å². The molecule has 112 valence electrons. The van der Waals surface area contributed by atoms with Crippen LogP contribution >= 0.6 is 11.3 Å². The van der Waals surface area contributed by atoms with E-state index >= 15 is 0 Å². The van der Waals surface area contributed by atoms with Gasteiger partial charge < -0.3 is 25.4 Å². The number of nitrogens with zero attached hydrogens (tertiary/aromatic N) is 1. The summed E-state index contributed by atoms with van der Waals surface area (Å²) in [5.41, 5.74) is 6.44. The SMILES string of the molecule is CNC(=O)c1sc(N2CCC(COC)C2)c(OC)c1N. The molecular weight excluding hydrogens is 278 g/mol. The van der Waals surface area contributed by atoms with Crippen molar-refractivity contribution < 1.29 is 14.3 Å². The summed E-state index contributed by atoms with van der Waals surface area (Å²) in [4.78, 5) is 14.5. The first-order valence-corrected chi connectivity index (χ1v) is 7.36. The van der Waals surface area contributed by atoms with Crippen LogP contribution in [0.2, 0.25) is 0 Å². The highest BCUT2D eigenvalue weighted by molar-refractivity contribution is 7.19. The zero-order valence-corrected chi connectivity index (χ0v) is 12.9. The van der Waals surface area contributed by atoms with E-state index in [9.17, 15) is 4.79 Å². The summed E-state index contributed by atoms with van der Waals surface area (Å²) < 4.78 is 10.6. The summed E-state index contributed by atoms with van der Waals surface area (Å²) in [5.74, 6) is 0.938. The van der Waals surface area contributed by atoms with E-state index in [4.69, 9.17) is 15.2 Å². The molecular formula is C13H21N3O3S. The predicted molar refractivity (Wildman–Crippen MR) is 80.9 cm³/mol. The Morgan fingerprint density at radius 2 is 2.30 bits per heavy atom. The molecule has 1 aromatic rings. The van der Waals surface area contributed by atoms with Crippen molar-refractivity contribution in [1.29, 1.82) is 0 Å². The van der Waals surface area contributed by atoms with Crippen molar-refractivity contribution >= 4 is 27.9 Å². The fourth-order valence-corrected chi connectivity index (χ4v) is 3.66. The van der Waals surface area contributed by atoms with E-state index in [-0.39, 0.29) is 5.91 Å². The molecule has 0 aromatic carbocycles. The highest BCUT2D eigenvalue weighted by Gasteiger charge is 2.29. The van der Waals surface area contributed by atoms with Crippen LogP contribution in [0.15, 0.2) is 0 Å². The molecule has 1 amide bonds. The van der Waals surface area contributed by atoms with Crippen molar-refractivity contribution in [2.75, 3.05) is 51.6 Å². The second-order valence-electron chi connectivity index (χ2n) is 4.82. The number of carbonyl (C=O) groups excluding carboxylic acids is 1. The van der Waals surface area contributed by atoms with Gasteiger partial charge in [-0.1, -0.05) is 0 Å². The fraction of sp³-hybridized carbons (Fsp3) is 0.615. The number of ether oxygens (including phenoxy) is 2. The zero-order chi connectivity index (χ0) is 14.7. The first kappa shape index (κ1) is 14.9. The first-order chi connectivity index (χ1) is 9.62. The largest absolute Gasteiger partial charge is 0.492 e. The van der Waals surface area contributed by atoms with Crippen LogP contribution in [-0.4, -0.2) is 46.9 Å². The van der Waals surface area contributed by atoms with Crippen LogP contribution in [0.25, 0.3) is 0 Å². The van der Waals surface area contributed by atoms with Gasteiger partial charge in [0.05, 0.1) is 13.7 Å². The molecule has 1 atom stereocenters. The van der Waals surface area contributed by atoms with Crippen LogP contribution in [0.1, 0.15) is 16.1 Å². The topological polar surface area (TPSA) is 76.8 Å². The molecule has 2 rings (SSSR count). The molecule has 1 saturated heterocycles. The number of nitrogens with one attached hydrogen (secondary N) is 1. The number of hydrogen-bond donors (Lipinski definition) is 2. The Balaban J connectivity index is 2.26. The molecule has 0 spiro atoms. The van der Waals surface area contributed by atoms with E-state index in [1.165, 1.54) is 11.3 Å². The highest BCUT2D eigenvalue weighted by atomic mass is 32.1.